The quantitative estimate of drug-likeness (QED) is 0.892. The minimum Gasteiger partial charge on any atom is -0.495 e. The second-order valence-corrected chi connectivity index (χ2v) is 5.34. The first-order valence-electron chi connectivity index (χ1n) is 7.37. The predicted molar refractivity (Wildman–Crippen MR) is 86.6 cm³/mol. The number of ether oxygens (including phenoxy) is 2. The summed E-state index contributed by atoms with van der Waals surface area (Å²) in [6.07, 6.45) is 0.720. The molecule has 0 radical (unpaired) electrons. The Balaban J connectivity index is 2.07. The summed E-state index contributed by atoms with van der Waals surface area (Å²) in [5.74, 6) is 0.256. The maximum absolute atomic E-state index is 12.5. The Hall–Kier alpha value is -1.99. The molecule has 1 aromatic rings. The van der Waals surface area contributed by atoms with Gasteiger partial charge < -0.3 is 14.8 Å². The SMILES string of the molecule is CCOCC(=O)N1CCCN1C(=O)Nc1cc(Cl)ccc1OC. The Morgan fingerprint density at radius 3 is 2.74 bits per heavy atom. The van der Waals surface area contributed by atoms with Crippen molar-refractivity contribution in [3.63, 3.8) is 0 Å². The van der Waals surface area contributed by atoms with Crippen molar-refractivity contribution in [2.75, 3.05) is 38.7 Å². The van der Waals surface area contributed by atoms with Gasteiger partial charge in [-0.05, 0) is 31.5 Å². The molecule has 1 saturated heterocycles. The van der Waals surface area contributed by atoms with Gasteiger partial charge in [0, 0.05) is 24.7 Å². The van der Waals surface area contributed by atoms with E-state index in [4.69, 9.17) is 21.1 Å². The zero-order chi connectivity index (χ0) is 16.8. The van der Waals surface area contributed by atoms with Crippen LogP contribution in [0.1, 0.15) is 13.3 Å². The minimum atomic E-state index is -0.409. The van der Waals surface area contributed by atoms with Gasteiger partial charge in [-0.2, -0.15) is 0 Å². The molecule has 1 N–H and O–H groups in total. The zero-order valence-corrected chi connectivity index (χ0v) is 13.9. The fourth-order valence-corrected chi connectivity index (χ4v) is 2.48. The lowest BCUT2D eigenvalue weighted by Crippen LogP contribution is -2.48. The van der Waals surface area contributed by atoms with Gasteiger partial charge in [0.2, 0.25) is 0 Å². The van der Waals surface area contributed by atoms with Crippen molar-refractivity contribution in [1.29, 1.82) is 0 Å². The van der Waals surface area contributed by atoms with Gasteiger partial charge in [-0.15, -0.1) is 0 Å². The maximum Gasteiger partial charge on any atom is 0.340 e. The molecule has 1 fully saturated rings. The average molecular weight is 342 g/mol. The smallest absolute Gasteiger partial charge is 0.340 e. The van der Waals surface area contributed by atoms with E-state index in [2.05, 4.69) is 5.32 Å². The lowest BCUT2D eigenvalue weighted by molar-refractivity contribution is -0.144. The molecule has 1 aliphatic heterocycles. The van der Waals surface area contributed by atoms with E-state index >= 15 is 0 Å². The molecule has 0 aromatic heterocycles. The van der Waals surface area contributed by atoms with Crippen LogP contribution in [-0.4, -0.2) is 55.4 Å². The number of urea groups is 1. The van der Waals surface area contributed by atoms with Crippen molar-refractivity contribution in [3.8, 4) is 5.75 Å². The molecule has 8 heteroatoms. The molecule has 0 unspecified atom stereocenters. The van der Waals surface area contributed by atoms with E-state index in [0.29, 0.717) is 36.2 Å². The van der Waals surface area contributed by atoms with Crippen LogP contribution in [0.2, 0.25) is 5.02 Å². The molecule has 2 rings (SSSR count). The number of amides is 3. The summed E-state index contributed by atoms with van der Waals surface area (Å²) in [6.45, 7) is 3.18. The highest BCUT2D eigenvalue weighted by molar-refractivity contribution is 6.31. The third-order valence-electron chi connectivity index (χ3n) is 3.39. The Morgan fingerprint density at radius 1 is 1.30 bits per heavy atom. The Morgan fingerprint density at radius 2 is 2.04 bits per heavy atom. The maximum atomic E-state index is 12.5. The van der Waals surface area contributed by atoms with Gasteiger partial charge in [-0.25, -0.2) is 14.8 Å². The molecule has 0 bridgehead atoms. The van der Waals surface area contributed by atoms with Crippen LogP contribution < -0.4 is 10.1 Å². The topological polar surface area (TPSA) is 71.1 Å². The lowest BCUT2D eigenvalue weighted by Gasteiger charge is -2.28. The predicted octanol–water partition coefficient (Wildman–Crippen LogP) is 2.37. The van der Waals surface area contributed by atoms with E-state index in [-0.39, 0.29) is 12.5 Å². The molecular formula is C15H20ClN3O4. The first-order chi connectivity index (χ1) is 11.1. The molecule has 3 amide bonds. The number of benzene rings is 1. The molecule has 23 heavy (non-hydrogen) atoms. The fourth-order valence-electron chi connectivity index (χ4n) is 2.30. The molecule has 1 aliphatic rings. The molecule has 0 atom stereocenters. The molecule has 0 aliphatic carbocycles. The Labute approximate surface area is 140 Å². The highest BCUT2D eigenvalue weighted by atomic mass is 35.5. The van der Waals surface area contributed by atoms with E-state index < -0.39 is 6.03 Å². The number of rotatable bonds is 5. The first kappa shape index (κ1) is 17.4. The molecular weight excluding hydrogens is 322 g/mol. The average Bonchev–Trinajstić information content (AvgIpc) is 3.02. The number of halogens is 1. The van der Waals surface area contributed by atoms with Crippen molar-refractivity contribution >= 4 is 29.2 Å². The number of hydrogen-bond donors (Lipinski definition) is 1. The van der Waals surface area contributed by atoms with Crippen LogP contribution in [0.25, 0.3) is 0 Å². The number of carbonyl (C=O) groups excluding carboxylic acids is 2. The van der Waals surface area contributed by atoms with E-state index in [1.54, 1.807) is 18.2 Å². The van der Waals surface area contributed by atoms with Gasteiger partial charge in [0.05, 0.1) is 12.8 Å². The summed E-state index contributed by atoms with van der Waals surface area (Å²) < 4.78 is 10.3. The fraction of sp³-hybridized carbons (Fsp3) is 0.467. The number of anilines is 1. The summed E-state index contributed by atoms with van der Waals surface area (Å²) in [5, 5.41) is 5.99. The summed E-state index contributed by atoms with van der Waals surface area (Å²) >= 11 is 5.95. The van der Waals surface area contributed by atoms with Crippen molar-refractivity contribution in [2.45, 2.75) is 13.3 Å². The standard InChI is InChI=1S/C15H20ClN3O4/c1-3-23-10-14(20)18-7-4-8-19(18)15(21)17-12-9-11(16)5-6-13(12)22-2/h5-6,9H,3-4,7-8,10H2,1-2H3,(H,17,21). The Kier molecular flexibility index (Phi) is 6.06. The van der Waals surface area contributed by atoms with Gasteiger partial charge in [-0.1, -0.05) is 11.6 Å². The molecule has 1 heterocycles. The highest BCUT2D eigenvalue weighted by Crippen LogP contribution is 2.28. The second kappa shape index (κ2) is 8.03. The van der Waals surface area contributed by atoms with Gasteiger partial charge in [0.25, 0.3) is 5.91 Å². The monoisotopic (exact) mass is 341 g/mol. The molecule has 7 nitrogen and oxygen atoms in total. The summed E-state index contributed by atoms with van der Waals surface area (Å²) in [6, 6.07) is 4.53. The van der Waals surface area contributed by atoms with E-state index in [1.807, 2.05) is 6.92 Å². The van der Waals surface area contributed by atoms with Gasteiger partial charge in [-0.3, -0.25) is 4.79 Å². The van der Waals surface area contributed by atoms with Gasteiger partial charge in [0.1, 0.15) is 12.4 Å². The molecule has 1 aromatic carbocycles. The van der Waals surface area contributed by atoms with Crippen LogP contribution in [0.4, 0.5) is 10.5 Å². The number of hydrogen-bond acceptors (Lipinski definition) is 4. The van der Waals surface area contributed by atoms with E-state index in [9.17, 15) is 9.59 Å². The van der Waals surface area contributed by atoms with Gasteiger partial charge >= 0.3 is 6.03 Å². The lowest BCUT2D eigenvalue weighted by atomic mass is 10.3. The van der Waals surface area contributed by atoms with E-state index in [0.717, 1.165) is 6.42 Å². The van der Waals surface area contributed by atoms with Gasteiger partial charge in [0.15, 0.2) is 0 Å². The van der Waals surface area contributed by atoms with Crippen molar-refractivity contribution in [3.05, 3.63) is 23.2 Å². The van der Waals surface area contributed by atoms with Crippen molar-refractivity contribution in [2.24, 2.45) is 0 Å². The number of nitrogens with zero attached hydrogens (tertiary/aromatic N) is 2. The third-order valence-corrected chi connectivity index (χ3v) is 3.62. The summed E-state index contributed by atoms with van der Waals surface area (Å²) in [4.78, 5) is 24.5. The van der Waals surface area contributed by atoms with Crippen molar-refractivity contribution in [1.82, 2.24) is 10.0 Å². The second-order valence-electron chi connectivity index (χ2n) is 4.91. The summed E-state index contributed by atoms with van der Waals surface area (Å²) in [5.41, 5.74) is 0.453. The summed E-state index contributed by atoms with van der Waals surface area (Å²) in [7, 11) is 1.51. The molecule has 0 spiro atoms. The van der Waals surface area contributed by atoms with Crippen LogP contribution in [0, 0.1) is 0 Å². The van der Waals surface area contributed by atoms with Crippen molar-refractivity contribution < 1.29 is 19.1 Å². The Bertz CT molecular complexity index is 582. The highest BCUT2D eigenvalue weighted by Gasteiger charge is 2.31. The van der Waals surface area contributed by atoms with Crippen LogP contribution in [0.5, 0.6) is 5.75 Å². The number of nitrogens with one attached hydrogen (secondary N) is 1. The number of methoxy groups -OCH3 is 1. The first-order valence-corrected chi connectivity index (χ1v) is 7.74. The number of carbonyl (C=O) groups is 2. The number of hydrazine groups is 1. The minimum absolute atomic E-state index is 0.0409. The largest absolute Gasteiger partial charge is 0.495 e. The zero-order valence-electron chi connectivity index (χ0n) is 13.2. The normalized spacial score (nSPS) is 14.0. The van der Waals surface area contributed by atoms with Crippen LogP contribution in [-0.2, 0) is 9.53 Å². The van der Waals surface area contributed by atoms with Crippen LogP contribution >= 0.6 is 11.6 Å². The third kappa shape index (κ3) is 4.27. The molecule has 0 saturated carbocycles. The van der Waals surface area contributed by atoms with Crippen LogP contribution in [0.3, 0.4) is 0 Å². The van der Waals surface area contributed by atoms with Crippen LogP contribution in [0.15, 0.2) is 18.2 Å². The van der Waals surface area contributed by atoms with E-state index in [1.165, 1.54) is 17.1 Å². The molecule has 126 valence electrons.